The number of nitrogens with one attached hydrogen (secondary N) is 3. The van der Waals surface area contributed by atoms with Gasteiger partial charge in [-0.25, -0.2) is 4.79 Å². The second-order valence-electron chi connectivity index (χ2n) is 9.81. The molecule has 6 rings (SSSR count). The predicted octanol–water partition coefficient (Wildman–Crippen LogP) is 4.90. The molecule has 6 heteroatoms. The van der Waals surface area contributed by atoms with Crippen LogP contribution in [0.25, 0.3) is 0 Å². The Morgan fingerprint density at radius 2 is 1.44 bits per heavy atom. The number of benzene rings is 2. The lowest BCUT2D eigenvalue weighted by molar-refractivity contribution is -0.114. The van der Waals surface area contributed by atoms with E-state index in [2.05, 4.69) is 22.0 Å². The molecule has 3 N–H and O–H groups in total. The van der Waals surface area contributed by atoms with Crippen molar-refractivity contribution < 1.29 is 14.3 Å². The van der Waals surface area contributed by atoms with E-state index in [0.717, 1.165) is 29.1 Å². The zero-order chi connectivity index (χ0) is 22.1. The third-order valence-corrected chi connectivity index (χ3v) is 7.41. The van der Waals surface area contributed by atoms with E-state index < -0.39 is 5.97 Å². The van der Waals surface area contributed by atoms with E-state index in [1.54, 1.807) is 24.3 Å². The summed E-state index contributed by atoms with van der Waals surface area (Å²) in [7, 11) is 1.33. The van der Waals surface area contributed by atoms with Crippen LogP contribution in [-0.2, 0) is 9.53 Å². The molecule has 1 amide bonds. The van der Waals surface area contributed by atoms with E-state index in [1.807, 2.05) is 18.2 Å². The van der Waals surface area contributed by atoms with E-state index in [0.29, 0.717) is 11.3 Å². The maximum absolute atomic E-state index is 12.6. The van der Waals surface area contributed by atoms with Gasteiger partial charge in [0.2, 0.25) is 5.91 Å². The van der Waals surface area contributed by atoms with Gasteiger partial charge in [-0.1, -0.05) is 24.3 Å². The predicted molar refractivity (Wildman–Crippen MR) is 126 cm³/mol. The number of anilines is 3. The van der Waals surface area contributed by atoms with Crippen LogP contribution in [-0.4, -0.2) is 31.1 Å². The summed E-state index contributed by atoms with van der Waals surface area (Å²) in [5.74, 6) is 1.92. The number of carbonyl (C=O) groups excluding carboxylic acids is 2. The summed E-state index contributed by atoms with van der Waals surface area (Å²) >= 11 is 0. The Kier molecular flexibility index (Phi) is 5.53. The number of esters is 1. The van der Waals surface area contributed by atoms with Crippen molar-refractivity contribution in [3.63, 3.8) is 0 Å². The van der Waals surface area contributed by atoms with Crippen LogP contribution in [0.2, 0.25) is 0 Å². The molecule has 0 heterocycles. The molecule has 0 unspecified atom stereocenters. The third kappa shape index (κ3) is 4.18. The van der Waals surface area contributed by atoms with Gasteiger partial charge >= 0.3 is 5.97 Å². The average Bonchev–Trinajstić information content (AvgIpc) is 2.77. The van der Waals surface area contributed by atoms with Crippen molar-refractivity contribution in [2.75, 3.05) is 29.6 Å². The first-order valence-corrected chi connectivity index (χ1v) is 11.6. The van der Waals surface area contributed by atoms with Crippen LogP contribution in [0.15, 0.2) is 48.5 Å². The van der Waals surface area contributed by atoms with Gasteiger partial charge in [0.15, 0.2) is 0 Å². The zero-order valence-electron chi connectivity index (χ0n) is 18.5. The number of rotatable bonds is 7. The van der Waals surface area contributed by atoms with Crippen molar-refractivity contribution in [1.29, 1.82) is 0 Å². The second-order valence-corrected chi connectivity index (χ2v) is 9.81. The molecule has 4 aliphatic carbocycles. The standard InChI is InChI=1S/C26H31N3O3/c1-32-25(31)20-6-2-3-7-21(20)28-24(30)16-27-22-8-4-5-9-23(22)29-26-13-17-10-18(14-26)12-19(11-17)15-26/h2-9,17-19,27,29H,10-16H2,1H3,(H,28,30). The van der Waals surface area contributed by atoms with Crippen molar-refractivity contribution in [1.82, 2.24) is 0 Å². The van der Waals surface area contributed by atoms with Gasteiger partial charge in [0.1, 0.15) is 0 Å². The lowest BCUT2D eigenvalue weighted by Gasteiger charge is -2.57. The van der Waals surface area contributed by atoms with Crippen molar-refractivity contribution in [3.05, 3.63) is 54.1 Å². The molecule has 4 saturated carbocycles. The molecule has 6 nitrogen and oxygen atoms in total. The highest BCUT2D eigenvalue weighted by Gasteiger charge is 2.51. The van der Waals surface area contributed by atoms with E-state index in [9.17, 15) is 9.59 Å². The molecule has 2 aromatic rings. The van der Waals surface area contributed by atoms with Gasteiger partial charge in [0.25, 0.3) is 0 Å². The van der Waals surface area contributed by atoms with Gasteiger partial charge < -0.3 is 20.7 Å². The smallest absolute Gasteiger partial charge is 0.339 e. The first kappa shape index (κ1) is 20.9. The molecule has 0 spiro atoms. The fourth-order valence-electron chi connectivity index (χ4n) is 6.55. The van der Waals surface area contributed by atoms with Gasteiger partial charge in [-0.3, -0.25) is 4.79 Å². The summed E-state index contributed by atoms with van der Waals surface area (Å²) in [6.07, 6.45) is 8.02. The van der Waals surface area contributed by atoms with Gasteiger partial charge in [0.05, 0.1) is 36.3 Å². The topological polar surface area (TPSA) is 79.5 Å². The Labute approximate surface area is 189 Å². The van der Waals surface area contributed by atoms with Crippen LogP contribution in [0.4, 0.5) is 17.1 Å². The second kappa shape index (κ2) is 8.49. The first-order valence-electron chi connectivity index (χ1n) is 11.6. The average molecular weight is 434 g/mol. The van der Waals surface area contributed by atoms with Crippen molar-refractivity contribution >= 4 is 28.9 Å². The minimum Gasteiger partial charge on any atom is -0.465 e. The summed E-state index contributed by atoms with van der Waals surface area (Å²) in [4.78, 5) is 24.6. The minimum absolute atomic E-state index is 0.106. The molecular formula is C26H31N3O3. The molecule has 168 valence electrons. The fraction of sp³-hybridized carbons (Fsp3) is 0.462. The summed E-state index contributed by atoms with van der Waals surface area (Å²) < 4.78 is 4.80. The number of hydrogen-bond acceptors (Lipinski definition) is 5. The van der Waals surface area contributed by atoms with Crippen molar-refractivity contribution in [3.8, 4) is 0 Å². The van der Waals surface area contributed by atoms with Gasteiger partial charge in [-0.05, 0) is 80.5 Å². The van der Waals surface area contributed by atoms with Crippen LogP contribution in [0.5, 0.6) is 0 Å². The number of para-hydroxylation sites is 3. The highest BCUT2D eigenvalue weighted by atomic mass is 16.5. The van der Waals surface area contributed by atoms with Gasteiger partial charge in [0, 0.05) is 5.54 Å². The number of hydrogen-bond donors (Lipinski definition) is 3. The Morgan fingerprint density at radius 1 is 0.875 bits per heavy atom. The van der Waals surface area contributed by atoms with Crippen LogP contribution < -0.4 is 16.0 Å². The number of ether oxygens (including phenoxy) is 1. The SMILES string of the molecule is COC(=O)c1ccccc1NC(=O)CNc1ccccc1NC12CC3CC(CC(C3)C1)C2. The molecule has 2 aromatic carbocycles. The summed E-state index contributed by atoms with van der Waals surface area (Å²) in [6, 6.07) is 15.0. The van der Waals surface area contributed by atoms with Crippen molar-refractivity contribution in [2.24, 2.45) is 17.8 Å². The number of amides is 1. The molecule has 4 fully saturated rings. The highest BCUT2D eigenvalue weighted by Crippen LogP contribution is 2.56. The maximum Gasteiger partial charge on any atom is 0.339 e. The molecule has 0 radical (unpaired) electrons. The lowest BCUT2D eigenvalue weighted by Crippen LogP contribution is -2.54. The van der Waals surface area contributed by atoms with Crippen LogP contribution in [0.3, 0.4) is 0 Å². The fourth-order valence-corrected chi connectivity index (χ4v) is 6.55. The Hall–Kier alpha value is -3.02. The first-order chi connectivity index (χ1) is 15.5. The summed E-state index contributed by atoms with van der Waals surface area (Å²) in [5, 5.41) is 10.0. The van der Waals surface area contributed by atoms with Crippen LogP contribution >= 0.6 is 0 Å². The monoisotopic (exact) mass is 433 g/mol. The number of carbonyl (C=O) groups is 2. The molecule has 0 saturated heterocycles. The normalized spacial score (nSPS) is 27.6. The van der Waals surface area contributed by atoms with E-state index >= 15 is 0 Å². The van der Waals surface area contributed by atoms with Gasteiger partial charge in [-0.2, -0.15) is 0 Å². The van der Waals surface area contributed by atoms with E-state index in [-0.39, 0.29) is 18.0 Å². The zero-order valence-corrected chi connectivity index (χ0v) is 18.5. The number of methoxy groups -OCH3 is 1. The Bertz CT molecular complexity index is 984. The van der Waals surface area contributed by atoms with E-state index in [1.165, 1.54) is 45.6 Å². The van der Waals surface area contributed by atoms with Crippen LogP contribution in [0, 0.1) is 17.8 Å². The third-order valence-electron chi connectivity index (χ3n) is 7.41. The molecular weight excluding hydrogens is 402 g/mol. The Balaban J connectivity index is 1.25. The summed E-state index contributed by atoms with van der Waals surface area (Å²) in [5.41, 5.74) is 2.99. The molecule has 4 aliphatic rings. The molecule has 0 atom stereocenters. The van der Waals surface area contributed by atoms with Gasteiger partial charge in [-0.15, -0.1) is 0 Å². The molecule has 0 aromatic heterocycles. The maximum atomic E-state index is 12.6. The molecule has 4 bridgehead atoms. The largest absolute Gasteiger partial charge is 0.465 e. The Morgan fingerprint density at radius 3 is 2.06 bits per heavy atom. The lowest BCUT2D eigenvalue weighted by atomic mass is 9.53. The van der Waals surface area contributed by atoms with E-state index in [4.69, 9.17) is 4.74 Å². The highest BCUT2D eigenvalue weighted by molar-refractivity contribution is 6.02. The van der Waals surface area contributed by atoms with Crippen LogP contribution in [0.1, 0.15) is 48.9 Å². The quantitative estimate of drug-likeness (QED) is 0.541. The van der Waals surface area contributed by atoms with Crippen molar-refractivity contribution in [2.45, 2.75) is 44.1 Å². The summed E-state index contributed by atoms with van der Waals surface area (Å²) in [6.45, 7) is 0.106. The minimum atomic E-state index is -0.473. The molecule has 0 aliphatic heterocycles. The molecule has 32 heavy (non-hydrogen) atoms.